The third-order valence-corrected chi connectivity index (χ3v) is 8.11. The van der Waals surface area contributed by atoms with E-state index in [-0.39, 0.29) is 24.0 Å². The van der Waals surface area contributed by atoms with E-state index in [1.165, 1.54) is 26.4 Å². The molecule has 2 aromatic heterocycles. The van der Waals surface area contributed by atoms with Crippen molar-refractivity contribution in [3.8, 4) is 0 Å². The van der Waals surface area contributed by atoms with Gasteiger partial charge in [0.15, 0.2) is 11.6 Å². The van der Waals surface area contributed by atoms with Crippen LogP contribution in [0.4, 0.5) is 5.95 Å². The number of aromatic nitrogens is 5. The van der Waals surface area contributed by atoms with Gasteiger partial charge in [-0.15, -0.1) is 10.2 Å². The summed E-state index contributed by atoms with van der Waals surface area (Å²) < 4.78 is 48.1. The van der Waals surface area contributed by atoms with Crippen molar-refractivity contribution >= 4 is 27.6 Å². The molecule has 3 heterocycles. The van der Waals surface area contributed by atoms with E-state index in [4.69, 9.17) is 25.8 Å². The molecule has 2 aliphatic rings. The number of hydrogen-bond donors (Lipinski definition) is 1. The third kappa shape index (κ3) is 4.85. The van der Waals surface area contributed by atoms with Crippen LogP contribution < -0.4 is 4.72 Å². The average molecular weight is 501 g/mol. The summed E-state index contributed by atoms with van der Waals surface area (Å²) >= 11 is 5.86. The van der Waals surface area contributed by atoms with Crippen LogP contribution in [0.3, 0.4) is 0 Å². The first-order chi connectivity index (χ1) is 15.7. The van der Waals surface area contributed by atoms with E-state index < -0.39 is 26.9 Å². The van der Waals surface area contributed by atoms with Gasteiger partial charge in [0.1, 0.15) is 17.5 Å². The Morgan fingerprint density at radius 2 is 1.97 bits per heavy atom. The van der Waals surface area contributed by atoms with Crippen LogP contribution in [0.15, 0.2) is 12.4 Å². The quantitative estimate of drug-likeness (QED) is 0.522. The first-order valence-corrected chi connectivity index (χ1v) is 12.8. The zero-order chi connectivity index (χ0) is 23.8. The van der Waals surface area contributed by atoms with Gasteiger partial charge in [0.2, 0.25) is 16.0 Å². The van der Waals surface area contributed by atoms with Crippen molar-refractivity contribution in [2.24, 2.45) is 0 Å². The monoisotopic (exact) mass is 500 g/mol. The van der Waals surface area contributed by atoms with Crippen molar-refractivity contribution < 1.29 is 22.6 Å². The molecule has 13 heteroatoms. The lowest BCUT2D eigenvalue weighted by Gasteiger charge is -2.25. The largest absolute Gasteiger partial charge is 0.382 e. The predicted octanol–water partition coefficient (Wildman–Crippen LogP) is 2.61. The minimum atomic E-state index is -3.97. The van der Waals surface area contributed by atoms with Gasteiger partial charge in [0.05, 0.1) is 23.3 Å². The molecule has 0 amide bonds. The Bertz CT molecular complexity index is 1080. The Morgan fingerprint density at radius 3 is 2.52 bits per heavy atom. The van der Waals surface area contributed by atoms with Gasteiger partial charge in [-0.1, -0.05) is 11.6 Å². The van der Waals surface area contributed by atoms with E-state index >= 15 is 0 Å². The normalized spacial score (nSPS) is 23.9. The number of nitrogens with zero attached hydrogens (tertiary/aromatic N) is 5. The number of hydrogen-bond acceptors (Lipinski definition) is 9. The fourth-order valence-electron chi connectivity index (χ4n) is 4.24. The number of halogens is 1. The lowest BCUT2D eigenvalue weighted by molar-refractivity contribution is 0.0443. The minimum absolute atomic E-state index is 0.111. The molecule has 182 valence electrons. The predicted molar refractivity (Wildman–Crippen MR) is 120 cm³/mol. The van der Waals surface area contributed by atoms with Crippen LogP contribution in [0, 0.1) is 0 Å². The zero-order valence-electron chi connectivity index (χ0n) is 19.1. The molecule has 0 unspecified atom stereocenters. The van der Waals surface area contributed by atoms with Gasteiger partial charge < -0.3 is 14.2 Å². The molecule has 0 bridgehead atoms. The lowest BCUT2D eigenvalue weighted by atomic mass is 10.2. The molecule has 1 saturated carbocycles. The number of rotatable bonds is 10. The van der Waals surface area contributed by atoms with Crippen molar-refractivity contribution in [2.75, 3.05) is 25.5 Å². The molecule has 2 fully saturated rings. The topological polar surface area (TPSA) is 130 Å². The van der Waals surface area contributed by atoms with Crippen LogP contribution in [-0.4, -0.2) is 65.3 Å². The van der Waals surface area contributed by atoms with Gasteiger partial charge in [-0.25, -0.2) is 18.4 Å². The maximum atomic E-state index is 13.4. The highest BCUT2D eigenvalue weighted by atomic mass is 35.5. The molecule has 1 saturated heterocycles. The van der Waals surface area contributed by atoms with Crippen molar-refractivity contribution in [3.05, 3.63) is 29.1 Å². The maximum absolute atomic E-state index is 13.4. The molecule has 4 rings (SSSR count). The fraction of sp³-hybridized carbons (Fsp3) is 0.700. The molecule has 11 nitrogen and oxygen atoms in total. The van der Waals surface area contributed by atoms with Gasteiger partial charge in [0.25, 0.3) is 0 Å². The van der Waals surface area contributed by atoms with Gasteiger partial charge in [0, 0.05) is 26.6 Å². The van der Waals surface area contributed by atoms with E-state index in [0.717, 1.165) is 25.7 Å². The molecule has 1 aliphatic heterocycles. The summed E-state index contributed by atoms with van der Waals surface area (Å²) in [6.45, 7) is 3.96. The Morgan fingerprint density at radius 1 is 1.27 bits per heavy atom. The van der Waals surface area contributed by atoms with Crippen molar-refractivity contribution in [1.29, 1.82) is 0 Å². The molecule has 4 atom stereocenters. The zero-order valence-corrected chi connectivity index (χ0v) is 20.6. The summed E-state index contributed by atoms with van der Waals surface area (Å²) in [5.74, 6) is 0.971. The van der Waals surface area contributed by atoms with Crippen LogP contribution in [0.1, 0.15) is 63.4 Å². The van der Waals surface area contributed by atoms with Gasteiger partial charge in [-0.3, -0.25) is 9.29 Å². The Hall–Kier alpha value is -1.86. The Kier molecular flexibility index (Phi) is 6.92. The Balaban J connectivity index is 1.65. The molecule has 33 heavy (non-hydrogen) atoms. The highest BCUT2D eigenvalue weighted by Crippen LogP contribution is 2.48. The van der Waals surface area contributed by atoms with Crippen LogP contribution in [0.2, 0.25) is 5.02 Å². The second-order valence-electron chi connectivity index (χ2n) is 8.66. The van der Waals surface area contributed by atoms with Crippen molar-refractivity contribution in [2.45, 2.75) is 68.6 Å². The molecular weight excluding hydrogens is 472 g/mol. The van der Waals surface area contributed by atoms with E-state index in [1.807, 2.05) is 11.5 Å². The van der Waals surface area contributed by atoms with E-state index in [0.29, 0.717) is 17.5 Å². The summed E-state index contributed by atoms with van der Waals surface area (Å²) in [7, 11) is -0.934. The van der Waals surface area contributed by atoms with Crippen LogP contribution in [0.5, 0.6) is 0 Å². The summed E-state index contributed by atoms with van der Waals surface area (Å²) in [5.41, 5.74) is -0.399. The standard InChI is InChI=1S/C20H29ClN6O5S/c1-12-5-6-15(32-12)18-24-25-19(27(18)20(7-8-20)11-30-3)26-33(28,29)13(2)16(31-4)17-22-9-14(21)10-23-17/h9-10,12-13,15-16H,5-8,11H2,1-4H3,(H,25,26)/t12-,13+,15-,16+/m1/s1. The third-order valence-electron chi connectivity index (χ3n) is 6.22. The SMILES string of the molecule is COCC1(n2c(NS(=O)(=O)[C@@H](C)[C@H](OC)c3ncc(Cl)cn3)nnc2[C@H]2CC[C@@H](C)O2)CC1. The maximum Gasteiger partial charge on any atom is 0.240 e. The molecule has 1 N–H and O–H groups in total. The summed E-state index contributed by atoms with van der Waals surface area (Å²) in [6, 6.07) is 0. The molecule has 1 aliphatic carbocycles. The minimum Gasteiger partial charge on any atom is -0.382 e. The smallest absolute Gasteiger partial charge is 0.240 e. The summed E-state index contributed by atoms with van der Waals surface area (Å²) in [5, 5.41) is 7.86. The van der Waals surface area contributed by atoms with Crippen molar-refractivity contribution in [1.82, 2.24) is 24.7 Å². The second kappa shape index (κ2) is 9.41. The van der Waals surface area contributed by atoms with Crippen LogP contribution in [0.25, 0.3) is 0 Å². The van der Waals surface area contributed by atoms with E-state index in [9.17, 15) is 8.42 Å². The van der Waals surface area contributed by atoms with Gasteiger partial charge in [-0.2, -0.15) is 0 Å². The number of ether oxygens (including phenoxy) is 3. The van der Waals surface area contributed by atoms with E-state index in [1.54, 1.807) is 7.11 Å². The highest BCUT2D eigenvalue weighted by molar-refractivity contribution is 7.93. The highest BCUT2D eigenvalue weighted by Gasteiger charge is 2.50. The molecule has 0 radical (unpaired) electrons. The summed E-state index contributed by atoms with van der Waals surface area (Å²) in [4.78, 5) is 8.24. The van der Waals surface area contributed by atoms with Crippen molar-refractivity contribution in [3.63, 3.8) is 0 Å². The summed E-state index contributed by atoms with van der Waals surface area (Å²) in [6.07, 6.45) is 5.12. The molecule has 0 spiro atoms. The Labute approximate surface area is 198 Å². The number of sulfonamides is 1. The second-order valence-corrected chi connectivity index (χ2v) is 11.1. The van der Waals surface area contributed by atoms with E-state index in [2.05, 4.69) is 24.9 Å². The lowest BCUT2D eigenvalue weighted by Crippen LogP contribution is -2.35. The molecule has 0 aromatic carbocycles. The first kappa shape index (κ1) is 24.3. The van der Waals surface area contributed by atoms with Gasteiger partial charge >= 0.3 is 0 Å². The fourth-order valence-corrected chi connectivity index (χ4v) is 5.46. The average Bonchev–Trinajstić information content (AvgIpc) is 3.21. The first-order valence-electron chi connectivity index (χ1n) is 10.8. The van der Waals surface area contributed by atoms with Crippen LogP contribution in [-0.2, 0) is 29.8 Å². The number of anilines is 1. The van der Waals surface area contributed by atoms with Gasteiger partial charge in [-0.05, 0) is 39.5 Å². The van der Waals surface area contributed by atoms with Crippen LogP contribution >= 0.6 is 11.6 Å². The molecule has 2 aromatic rings. The molecular formula is C20H29ClN6O5S. The number of nitrogens with one attached hydrogen (secondary N) is 1. The number of methoxy groups -OCH3 is 2.